The third kappa shape index (κ3) is 5.73. The molecule has 0 aliphatic heterocycles. The van der Waals surface area contributed by atoms with Crippen LogP contribution in [0.1, 0.15) is 184 Å². The third-order valence-electron chi connectivity index (χ3n) is 12.6. The normalized spacial score (nSPS) is 19.2. The first-order chi connectivity index (χ1) is 20.6. The van der Waals surface area contributed by atoms with Crippen molar-refractivity contribution in [2.24, 2.45) is 0 Å². The van der Waals surface area contributed by atoms with E-state index in [2.05, 4.69) is 133 Å². The van der Waals surface area contributed by atoms with Crippen LogP contribution in [0.2, 0.25) is 21.4 Å². The fraction of sp³-hybridized carbons (Fsp3) is 0.619. The Bertz CT molecular complexity index is 1310. The van der Waals surface area contributed by atoms with E-state index in [1.54, 1.807) is 64.0 Å². The van der Waals surface area contributed by atoms with Gasteiger partial charge in [-0.25, -0.2) is 0 Å². The molecule has 243 valence electrons. The molecular weight excluding hydrogens is 711 g/mol. The van der Waals surface area contributed by atoms with Gasteiger partial charge in [-0.05, 0) is 0 Å². The second-order valence-electron chi connectivity index (χ2n) is 16.8. The summed E-state index contributed by atoms with van der Waals surface area (Å²) >= 11 is -4.04. The molecule has 0 aromatic heterocycles. The fourth-order valence-electron chi connectivity index (χ4n) is 10.3. The van der Waals surface area contributed by atoms with Crippen molar-refractivity contribution in [1.29, 1.82) is 0 Å². The van der Waals surface area contributed by atoms with Gasteiger partial charge in [0.05, 0.1) is 0 Å². The Kier molecular flexibility index (Phi) is 11.1. The molecule has 2 aromatic carbocycles. The number of hydrogen-bond donors (Lipinski definition) is 0. The Morgan fingerprint density at radius 2 is 0.955 bits per heavy atom. The number of rotatable bonds is 13. The van der Waals surface area contributed by atoms with Crippen LogP contribution in [0.15, 0.2) is 35.4 Å². The number of unbranched alkanes of at least 4 members (excludes halogenated alkanes) is 2. The van der Waals surface area contributed by atoms with Crippen LogP contribution in [0, 0.1) is 0 Å². The van der Waals surface area contributed by atoms with E-state index < -0.39 is 23.7 Å². The average molecular weight is 779 g/mol. The van der Waals surface area contributed by atoms with Gasteiger partial charge in [0, 0.05) is 0 Å². The summed E-state index contributed by atoms with van der Waals surface area (Å²) in [6.45, 7) is 35.1. The zero-order valence-corrected chi connectivity index (χ0v) is 36.0. The van der Waals surface area contributed by atoms with Gasteiger partial charge in [0.1, 0.15) is 0 Å². The topological polar surface area (TPSA) is 0 Å². The van der Waals surface area contributed by atoms with Crippen molar-refractivity contribution in [2.45, 2.75) is 161 Å². The predicted octanol–water partition coefficient (Wildman–Crippen LogP) is 13.9. The molecule has 0 amide bonds. The fourth-order valence-corrected chi connectivity index (χ4v) is 81.6. The van der Waals surface area contributed by atoms with E-state index in [1.807, 2.05) is 0 Å². The standard InChI is InChI=1S/2C16H21.2C4H9.C2H7Si.Hf/c2*1-10(2)13-8-14-6-12(5)7-16(14)15(9-13)11(3)4;2*1-3-4-2;1-3-2;/h2*6-11H,1-5H3;2*1,3-4H2,2H3;3H,1-2H3;. The summed E-state index contributed by atoms with van der Waals surface area (Å²) in [5.41, 5.74) is 16.6. The molecule has 2 unspecified atom stereocenters. The molecular formula is C42H67HfSi. The molecule has 0 fully saturated rings. The van der Waals surface area contributed by atoms with E-state index in [-0.39, 0.29) is 0 Å². The zero-order valence-electron chi connectivity index (χ0n) is 31.2. The van der Waals surface area contributed by atoms with E-state index >= 15 is 0 Å². The van der Waals surface area contributed by atoms with Crippen molar-refractivity contribution in [2.75, 3.05) is 0 Å². The molecule has 0 heterocycles. The third-order valence-corrected chi connectivity index (χ3v) is 85.2. The maximum absolute atomic E-state index is 4.04. The van der Waals surface area contributed by atoms with Crippen LogP contribution in [0.3, 0.4) is 0 Å². The minimum absolute atomic E-state index is 0.547. The predicted molar refractivity (Wildman–Crippen MR) is 200 cm³/mol. The van der Waals surface area contributed by atoms with Gasteiger partial charge in [-0.1, -0.05) is 0 Å². The van der Waals surface area contributed by atoms with Gasteiger partial charge in [-0.3, -0.25) is 0 Å². The summed E-state index contributed by atoms with van der Waals surface area (Å²) in [5, 5.41) is 0. The molecule has 2 heteroatoms. The second kappa shape index (κ2) is 13.6. The number of fused-ring (bicyclic) bond motifs is 2. The van der Waals surface area contributed by atoms with Gasteiger partial charge >= 0.3 is 277 Å². The summed E-state index contributed by atoms with van der Waals surface area (Å²) in [6, 6.07) is 10.6. The van der Waals surface area contributed by atoms with Gasteiger partial charge < -0.3 is 0 Å². The number of hydrogen-bond acceptors (Lipinski definition) is 0. The van der Waals surface area contributed by atoms with Gasteiger partial charge in [0.25, 0.3) is 0 Å². The number of allylic oxidation sites excluding steroid dienone is 2. The van der Waals surface area contributed by atoms with Gasteiger partial charge in [0.15, 0.2) is 0 Å². The molecule has 2 atom stereocenters. The molecule has 0 saturated heterocycles. The molecule has 0 spiro atoms. The Hall–Kier alpha value is -0.993. The minimum atomic E-state index is -4.04. The quantitative estimate of drug-likeness (QED) is 0.178. The van der Waals surface area contributed by atoms with Crippen molar-refractivity contribution in [3.05, 3.63) is 79.9 Å². The zero-order chi connectivity index (χ0) is 32.7. The summed E-state index contributed by atoms with van der Waals surface area (Å²) in [6.07, 6.45) is 10.9. The summed E-state index contributed by atoms with van der Waals surface area (Å²) < 4.78 is 4.47. The summed E-state index contributed by atoms with van der Waals surface area (Å²) in [4.78, 5) is 0. The van der Waals surface area contributed by atoms with E-state index in [4.69, 9.17) is 0 Å². The summed E-state index contributed by atoms with van der Waals surface area (Å²) in [7, 11) is 0. The van der Waals surface area contributed by atoms with Crippen molar-refractivity contribution in [1.82, 2.24) is 0 Å². The molecule has 0 nitrogen and oxygen atoms in total. The Morgan fingerprint density at radius 1 is 0.591 bits per heavy atom. The van der Waals surface area contributed by atoms with Crippen molar-refractivity contribution in [3.8, 4) is 0 Å². The van der Waals surface area contributed by atoms with Crippen LogP contribution in [-0.4, -0.2) is 5.98 Å². The molecule has 2 aromatic rings. The van der Waals surface area contributed by atoms with Gasteiger partial charge in [-0.2, -0.15) is 0 Å². The molecule has 2 aliphatic rings. The van der Waals surface area contributed by atoms with Crippen LogP contribution in [-0.2, 0) is 17.7 Å². The average Bonchev–Trinajstić information content (AvgIpc) is 3.48. The van der Waals surface area contributed by atoms with Gasteiger partial charge in [0.2, 0.25) is 0 Å². The van der Waals surface area contributed by atoms with Crippen LogP contribution < -0.4 is 0 Å². The molecule has 2 aliphatic carbocycles. The monoisotopic (exact) mass is 779 g/mol. The maximum atomic E-state index is 2.85. The molecule has 4 rings (SSSR count). The molecule has 0 N–H and O–H groups in total. The van der Waals surface area contributed by atoms with Crippen molar-refractivity contribution in [3.63, 3.8) is 0 Å². The molecule has 0 saturated carbocycles. The SMILES string of the molecule is CCC[CH2][Hf]([CH2]CCC)([CH]1C(C)=Cc2c(C(C)C)cc(C(C)C)cc21)([CH]1C(C)=Cc2c(C(C)C)cc(C(C)C)cc21)[SiH](C)C. The van der Waals surface area contributed by atoms with E-state index in [9.17, 15) is 0 Å². The first-order valence-corrected chi connectivity index (χ1v) is 36.9. The van der Waals surface area contributed by atoms with E-state index in [0.717, 1.165) is 0 Å². The van der Waals surface area contributed by atoms with Crippen LogP contribution in [0.25, 0.3) is 12.2 Å². The molecule has 44 heavy (non-hydrogen) atoms. The number of benzene rings is 2. The Morgan fingerprint density at radius 3 is 1.23 bits per heavy atom. The Balaban J connectivity index is 2.21. The molecule has 0 bridgehead atoms. The van der Waals surface area contributed by atoms with Crippen LogP contribution in [0.4, 0.5) is 0 Å². The van der Waals surface area contributed by atoms with Crippen molar-refractivity contribution >= 4 is 18.1 Å². The van der Waals surface area contributed by atoms with Crippen LogP contribution in [0.5, 0.6) is 0 Å². The first kappa shape index (κ1) is 35.9. The van der Waals surface area contributed by atoms with Crippen molar-refractivity contribution < 1.29 is 17.7 Å². The van der Waals surface area contributed by atoms with E-state index in [0.29, 0.717) is 31.0 Å². The first-order valence-electron chi connectivity index (χ1n) is 18.5. The Labute approximate surface area is 275 Å². The van der Waals surface area contributed by atoms with Crippen LogP contribution >= 0.6 is 0 Å². The molecule has 0 radical (unpaired) electrons. The second-order valence-corrected chi connectivity index (χ2v) is 65.6. The van der Waals surface area contributed by atoms with Gasteiger partial charge in [-0.15, -0.1) is 0 Å². The van der Waals surface area contributed by atoms with E-state index in [1.165, 1.54) is 25.7 Å². The summed E-state index contributed by atoms with van der Waals surface area (Å²) in [5.74, 6) is 1.06.